The first-order chi connectivity index (χ1) is 12.1. The van der Waals surface area contributed by atoms with Crippen LogP contribution in [0.4, 0.5) is 0 Å². The van der Waals surface area contributed by atoms with Gasteiger partial charge in [0.15, 0.2) is 0 Å². The summed E-state index contributed by atoms with van der Waals surface area (Å²) in [6.45, 7) is 0.198. The first kappa shape index (κ1) is 16.7. The third kappa shape index (κ3) is 3.70. The molecule has 0 saturated heterocycles. The van der Waals surface area contributed by atoms with Crippen molar-refractivity contribution in [2.24, 2.45) is 0 Å². The summed E-state index contributed by atoms with van der Waals surface area (Å²) in [5.41, 5.74) is 3.83. The third-order valence-corrected chi connectivity index (χ3v) is 3.84. The summed E-state index contributed by atoms with van der Waals surface area (Å²) < 4.78 is 6.93. The molecule has 1 aromatic heterocycles. The van der Waals surface area contributed by atoms with Gasteiger partial charge in [0, 0.05) is 13.2 Å². The standard InChI is InChI=1S/C19H18N2O4/c1-25-12-21-16-10-14(9-13-5-3-2-4-6-13)7-8-15(16)20-18(21)11-17(22)19(23)24/h2-8,10-11,22H,9,12H2,1H3,(H,23,24)/b17-11-. The Kier molecular flexibility index (Phi) is 4.81. The van der Waals surface area contributed by atoms with Crippen LogP contribution in [0.25, 0.3) is 17.1 Å². The topological polar surface area (TPSA) is 84.6 Å². The fourth-order valence-electron chi connectivity index (χ4n) is 2.69. The predicted octanol–water partition coefficient (Wildman–Crippen LogP) is 3.21. The molecule has 2 N–H and O–H groups in total. The number of ether oxygens (including phenoxy) is 1. The first-order valence-corrected chi connectivity index (χ1v) is 7.74. The van der Waals surface area contributed by atoms with Gasteiger partial charge in [-0.2, -0.15) is 0 Å². The van der Waals surface area contributed by atoms with Crippen LogP contribution in [0.15, 0.2) is 54.3 Å². The fourth-order valence-corrected chi connectivity index (χ4v) is 2.69. The Morgan fingerprint density at radius 2 is 1.92 bits per heavy atom. The summed E-state index contributed by atoms with van der Waals surface area (Å²) in [5.74, 6) is -1.84. The van der Waals surface area contributed by atoms with Crippen molar-refractivity contribution in [1.82, 2.24) is 9.55 Å². The molecular formula is C19H18N2O4. The second-order valence-corrected chi connectivity index (χ2v) is 5.64. The van der Waals surface area contributed by atoms with Crippen molar-refractivity contribution in [2.45, 2.75) is 13.2 Å². The number of rotatable bonds is 6. The van der Waals surface area contributed by atoms with Gasteiger partial charge in [0.05, 0.1) is 11.0 Å². The van der Waals surface area contributed by atoms with Crippen LogP contribution in [0.2, 0.25) is 0 Å². The number of benzene rings is 2. The number of nitrogens with zero attached hydrogens (tertiary/aromatic N) is 2. The lowest BCUT2D eigenvalue weighted by Gasteiger charge is -2.07. The van der Waals surface area contributed by atoms with E-state index in [0.29, 0.717) is 11.3 Å². The van der Waals surface area contributed by atoms with Crippen LogP contribution in [-0.2, 0) is 22.7 Å². The normalized spacial score (nSPS) is 11.8. The third-order valence-electron chi connectivity index (χ3n) is 3.84. The molecule has 0 unspecified atom stereocenters. The highest BCUT2D eigenvalue weighted by Crippen LogP contribution is 2.21. The summed E-state index contributed by atoms with van der Waals surface area (Å²) in [5, 5.41) is 18.4. The maximum atomic E-state index is 10.9. The number of hydrogen-bond donors (Lipinski definition) is 2. The van der Waals surface area contributed by atoms with Gasteiger partial charge in [-0.1, -0.05) is 36.4 Å². The number of aromatic nitrogens is 2. The van der Waals surface area contributed by atoms with E-state index in [2.05, 4.69) is 17.1 Å². The molecule has 0 aliphatic carbocycles. The zero-order valence-electron chi connectivity index (χ0n) is 13.7. The van der Waals surface area contributed by atoms with Crippen molar-refractivity contribution in [3.05, 3.63) is 71.2 Å². The average molecular weight is 338 g/mol. The maximum absolute atomic E-state index is 10.9. The van der Waals surface area contributed by atoms with Crippen LogP contribution in [-0.4, -0.2) is 32.8 Å². The molecule has 0 spiro atoms. The van der Waals surface area contributed by atoms with Crippen molar-refractivity contribution < 1.29 is 19.7 Å². The Morgan fingerprint density at radius 3 is 2.60 bits per heavy atom. The number of aliphatic carboxylic acids is 1. The summed E-state index contributed by atoms with van der Waals surface area (Å²) in [7, 11) is 1.55. The lowest BCUT2D eigenvalue weighted by atomic mass is 10.0. The highest BCUT2D eigenvalue weighted by atomic mass is 16.5. The fraction of sp³-hybridized carbons (Fsp3) is 0.158. The molecule has 25 heavy (non-hydrogen) atoms. The van der Waals surface area contributed by atoms with Crippen molar-refractivity contribution in [2.75, 3.05) is 7.11 Å². The molecular weight excluding hydrogens is 320 g/mol. The van der Waals surface area contributed by atoms with E-state index >= 15 is 0 Å². The van der Waals surface area contributed by atoms with Gasteiger partial charge in [0.2, 0.25) is 5.76 Å². The number of aliphatic hydroxyl groups excluding tert-OH is 1. The Balaban J connectivity index is 2.04. The molecule has 6 heteroatoms. The molecule has 0 aliphatic rings. The van der Waals surface area contributed by atoms with Crippen molar-refractivity contribution >= 4 is 23.1 Å². The number of carbonyl (C=O) groups is 1. The molecule has 3 aromatic rings. The molecule has 0 aliphatic heterocycles. The smallest absolute Gasteiger partial charge is 0.371 e. The minimum Gasteiger partial charge on any atom is -0.502 e. The van der Waals surface area contributed by atoms with Gasteiger partial charge in [0.1, 0.15) is 12.6 Å². The van der Waals surface area contributed by atoms with Crippen LogP contribution in [0.5, 0.6) is 0 Å². The molecule has 2 aromatic carbocycles. The van der Waals surface area contributed by atoms with E-state index in [9.17, 15) is 9.90 Å². The molecule has 128 valence electrons. The molecule has 1 heterocycles. The number of hydrogen-bond acceptors (Lipinski definition) is 4. The molecule has 0 saturated carbocycles. The zero-order valence-corrected chi connectivity index (χ0v) is 13.7. The number of imidazole rings is 1. The van der Waals surface area contributed by atoms with Gasteiger partial charge in [-0.15, -0.1) is 0 Å². The number of carboxylic acid groups (broad SMARTS) is 1. The number of carboxylic acids is 1. The maximum Gasteiger partial charge on any atom is 0.371 e. The lowest BCUT2D eigenvalue weighted by molar-refractivity contribution is -0.135. The van der Waals surface area contributed by atoms with E-state index in [0.717, 1.165) is 23.6 Å². The average Bonchev–Trinajstić information content (AvgIpc) is 2.93. The number of methoxy groups -OCH3 is 1. The quantitative estimate of drug-likeness (QED) is 0.532. The molecule has 6 nitrogen and oxygen atoms in total. The van der Waals surface area contributed by atoms with Gasteiger partial charge in [-0.25, -0.2) is 9.78 Å². The van der Waals surface area contributed by atoms with E-state index in [1.165, 1.54) is 5.56 Å². The minimum absolute atomic E-state index is 0.198. The SMILES string of the molecule is COCn1c(/C=C(\O)C(=O)O)nc2ccc(Cc3ccccc3)cc21. The summed E-state index contributed by atoms with van der Waals surface area (Å²) >= 11 is 0. The van der Waals surface area contributed by atoms with Crippen LogP contribution < -0.4 is 0 Å². The van der Waals surface area contributed by atoms with Gasteiger partial charge in [0.25, 0.3) is 0 Å². The molecule has 0 amide bonds. The number of aliphatic hydroxyl groups is 1. The summed E-state index contributed by atoms with van der Waals surface area (Å²) in [6, 6.07) is 16.0. The van der Waals surface area contributed by atoms with Crippen molar-refractivity contribution in [3.63, 3.8) is 0 Å². The first-order valence-electron chi connectivity index (χ1n) is 7.74. The van der Waals surface area contributed by atoms with Crippen molar-refractivity contribution in [3.8, 4) is 0 Å². The van der Waals surface area contributed by atoms with E-state index in [1.54, 1.807) is 11.7 Å². The Bertz CT molecular complexity index is 929. The molecule has 0 atom stereocenters. The van der Waals surface area contributed by atoms with Crippen LogP contribution in [0, 0.1) is 0 Å². The Morgan fingerprint density at radius 1 is 1.16 bits per heavy atom. The van der Waals surface area contributed by atoms with Gasteiger partial charge >= 0.3 is 5.97 Å². The second kappa shape index (κ2) is 7.19. The van der Waals surface area contributed by atoms with Gasteiger partial charge < -0.3 is 19.5 Å². The minimum atomic E-state index is -1.40. The van der Waals surface area contributed by atoms with E-state index in [4.69, 9.17) is 9.84 Å². The molecule has 0 bridgehead atoms. The summed E-state index contributed by atoms with van der Waals surface area (Å²) in [6.07, 6.45) is 1.90. The van der Waals surface area contributed by atoms with Gasteiger partial charge in [-0.3, -0.25) is 0 Å². The highest BCUT2D eigenvalue weighted by molar-refractivity contribution is 5.89. The van der Waals surface area contributed by atoms with Crippen molar-refractivity contribution in [1.29, 1.82) is 0 Å². The van der Waals surface area contributed by atoms with E-state index in [1.807, 2.05) is 36.4 Å². The Hall–Kier alpha value is -3.12. The Labute approximate surface area is 144 Å². The number of fused-ring (bicyclic) bond motifs is 1. The molecule has 0 fully saturated rings. The molecule has 3 rings (SSSR count). The van der Waals surface area contributed by atoms with E-state index < -0.39 is 11.7 Å². The molecule has 0 radical (unpaired) electrons. The lowest BCUT2D eigenvalue weighted by Crippen LogP contribution is -2.05. The highest BCUT2D eigenvalue weighted by Gasteiger charge is 2.13. The van der Waals surface area contributed by atoms with Crippen LogP contribution in [0.1, 0.15) is 17.0 Å². The predicted molar refractivity (Wildman–Crippen MR) is 94.2 cm³/mol. The van der Waals surface area contributed by atoms with E-state index in [-0.39, 0.29) is 6.73 Å². The van der Waals surface area contributed by atoms with Crippen LogP contribution >= 0.6 is 0 Å². The zero-order chi connectivity index (χ0) is 17.8. The van der Waals surface area contributed by atoms with Crippen LogP contribution in [0.3, 0.4) is 0 Å². The summed E-state index contributed by atoms with van der Waals surface area (Å²) in [4.78, 5) is 15.2. The monoisotopic (exact) mass is 338 g/mol. The second-order valence-electron chi connectivity index (χ2n) is 5.64. The van der Waals surface area contributed by atoms with Gasteiger partial charge in [-0.05, 0) is 29.7 Å². The largest absolute Gasteiger partial charge is 0.502 e.